The summed E-state index contributed by atoms with van der Waals surface area (Å²) in [6.45, 7) is 7.98. The summed E-state index contributed by atoms with van der Waals surface area (Å²) >= 11 is 0. The van der Waals surface area contributed by atoms with Gasteiger partial charge < -0.3 is 15.2 Å². The van der Waals surface area contributed by atoms with Crippen molar-refractivity contribution in [1.29, 1.82) is 0 Å². The lowest BCUT2D eigenvalue weighted by Gasteiger charge is -2.20. The number of hydrogen-bond donors (Lipinski definition) is 1. The van der Waals surface area contributed by atoms with Gasteiger partial charge in [-0.3, -0.25) is 0 Å². The van der Waals surface area contributed by atoms with E-state index in [1.807, 2.05) is 39.0 Å². The van der Waals surface area contributed by atoms with Crippen LogP contribution in [0.25, 0.3) is 0 Å². The van der Waals surface area contributed by atoms with E-state index in [2.05, 4.69) is 0 Å². The molecule has 2 unspecified atom stereocenters. The number of esters is 1. The summed E-state index contributed by atoms with van der Waals surface area (Å²) in [5.41, 5.74) is 7.90. The lowest BCUT2D eigenvalue weighted by molar-refractivity contribution is -0.151. The van der Waals surface area contributed by atoms with Gasteiger partial charge in [0.1, 0.15) is 5.75 Å². The van der Waals surface area contributed by atoms with Gasteiger partial charge in [0, 0.05) is 6.04 Å². The Kier molecular flexibility index (Phi) is 6.52. The smallest absolute Gasteiger partial charge is 0.347 e. The van der Waals surface area contributed by atoms with Gasteiger partial charge in [-0.25, -0.2) is 4.79 Å². The zero-order valence-electron chi connectivity index (χ0n) is 12.8. The second-order valence-electron chi connectivity index (χ2n) is 5.01. The lowest BCUT2D eigenvalue weighted by Crippen LogP contribution is -2.29. The quantitative estimate of drug-likeness (QED) is 0.779. The van der Waals surface area contributed by atoms with E-state index < -0.39 is 6.10 Å². The van der Waals surface area contributed by atoms with Crippen LogP contribution in [-0.4, -0.2) is 24.7 Å². The molecule has 0 spiro atoms. The molecule has 2 N–H and O–H groups in total. The van der Waals surface area contributed by atoms with E-state index in [0.717, 1.165) is 23.3 Å². The number of para-hydroxylation sites is 1. The molecule has 2 atom stereocenters. The fraction of sp³-hybridized carbons (Fsp3) is 0.562. The molecular formula is C16H25NO3. The standard InChI is InChI=1S/C16H25NO3/c1-5-14(16(18)19-6-2)20-15-11(3)8-7-9-13(15)10-12(4)17/h7-9,12,14H,5-6,10,17H2,1-4H3. The van der Waals surface area contributed by atoms with Gasteiger partial charge >= 0.3 is 5.97 Å². The van der Waals surface area contributed by atoms with Crippen LogP contribution in [0.15, 0.2) is 18.2 Å². The molecule has 0 saturated heterocycles. The van der Waals surface area contributed by atoms with Crippen molar-refractivity contribution in [3.05, 3.63) is 29.3 Å². The first-order chi connectivity index (χ1) is 9.49. The van der Waals surface area contributed by atoms with Crippen molar-refractivity contribution >= 4 is 5.97 Å². The highest BCUT2D eigenvalue weighted by molar-refractivity contribution is 5.75. The zero-order valence-corrected chi connectivity index (χ0v) is 12.8. The van der Waals surface area contributed by atoms with Gasteiger partial charge in [-0.15, -0.1) is 0 Å². The normalized spacial score (nSPS) is 13.7. The van der Waals surface area contributed by atoms with Crippen LogP contribution >= 0.6 is 0 Å². The van der Waals surface area contributed by atoms with Crippen molar-refractivity contribution < 1.29 is 14.3 Å². The first-order valence-electron chi connectivity index (χ1n) is 7.16. The van der Waals surface area contributed by atoms with Gasteiger partial charge in [0.15, 0.2) is 6.10 Å². The Morgan fingerprint density at radius 3 is 2.60 bits per heavy atom. The summed E-state index contributed by atoms with van der Waals surface area (Å²) in [6.07, 6.45) is 0.726. The summed E-state index contributed by atoms with van der Waals surface area (Å²) in [5.74, 6) is 0.440. The molecule has 0 aliphatic rings. The molecule has 112 valence electrons. The fourth-order valence-electron chi connectivity index (χ4n) is 2.07. The van der Waals surface area contributed by atoms with Crippen LogP contribution in [-0.2, 0) is 16.0 Å². The van der Waals surface area contributed by atoms with Crippen LogP contribution in [0.4, 0.5) is 0 Å². The van der Waals surface area contributed by atoms with Crippen LogP contribution in [0.2, 0.25) is 0 Å². The summed E-state index contributed by atoms with van der Waals surface area (Å²) in [7, 11) is 0. The third-order valence-electron chi connectivity index (χ3n) is 3.02. The number of nitrogens with two attached hydrogens (primary N) is 1. The molecule has 0 radical (unpaired) electrons. The maximum Gasteiger partial charge on any atom is 0.347 e. The summed E-state index contributed by atoms with van der Waals surface area (Å²) < 4.78 is 11.0. The second-order valence-corrected chi connectivity index (χ2v) is 5.01. The number of rotatable bonds is 7. The van der Waals surface area contributed by atoms with Crippen LogP contribution in [0.1, 0.15) is 38.3 Å². The average Bonchev–Trinajstić information content (AvgIpc) is 2.38. The maximum atomic E-state index is 11.9. The number of aryl methyl sites for hydroxylation is 1. The molecule has 20 heavy (non-hydrogen) atoms. The number of carbonyl (C=O) groups is 1. The predicted octanol–water partition coefficient (Wildman–Crippen LogP) is 2.61. The molecule has 4 heteroatoms. The molecule has 1 rings (SSSR count). The lowest BCUT2D eigenvalue weighted by atomic mass is 10.0. The van der Waals surface area contributed by atoms with E-state index in [-0.39, 0.29) is 12.0 Å². The number of carbonyl (C=O) groups excluding carboxylic acids is 1. The minimum atomic E-state index is -0.567. The van der Waals surface area contributed by atoms with E-state index >= 15 is 0 Å². The zero-order chi connectivity index (χ0) is 15.1. The van der Waals surface area contributed by atoms with Crippen molar-refractivity contribution in [3.8, 4) is 5.75 Å². The van der Waals surface area contributed by atoms with E-state index in [0.29, 0.717) is 13.0 Å². The average molecular weight is 279 g/mol. The Balaban J connectivity index is 2.96. The van der Waals surface area contributed by atoms with E-state index in [1.165, 1.54) is 0 Å². The van der Waals surface area contributed by atoms with E-state index in [9.17, 15) is 4.79 Å². The fourth-order valence-corrected chi connectivity index (χ4v) is 2.07. The van der Waals surface area contributed by atoms with Crippen LogP contribution in [0.5, 0.6) is 5.75 Å². The molecular weight excluding hydrogens is 254 g/mol. The van der Waals surface area contributed by atoms with Crippen molar-refractivity contribution in [1.82, 2.24) is 0 Å². The van der Waals surface area contributed by atoms with Gasteiger partial charge in [-0.05, 0) is 44.7 Å². The van der Waals surface area contributed by atoms with Crippen molar-refractivity contribution in [2.45, 2.75) is 52.7 Å². The Morgan fingerprint density at radius 2 is 2.05 bits per heavy atom. The second kappa shape index (κ2) is 7.90. The van der Waals surface area contributed by atoms with E-state index in [1.54, 1.807) is 6.92 Å². The molecule has 1 aromatic carbocycles. The van der Waals surface area contributed by atoms with Crippen molar-refractivity contribution in [2.24, 2.45) is 5.73 Å². The molecule has 4 nitrogen and oxygen atoms in total. The largest absolute Gasteiger partial charge is 0.478 e. The molecule has 0 amide bonds. The van der Waals surface area contributed by atoms with Crippen LogP contribution in [0, 0.1) is 6.92 Å². The molecule has 0 aliphatic carbocycles. The molecule has 0 fully saturated rings. The summed E-state index contributed by atoms with van der Waals surface area (Å²) in [4.78, 5) is 11.9. The third-order valence-corrected chi connectivity index (χ3v) is 3.02. The Bertz CT molecular complexity index is 443. The Labute approximate surface area is 121 Å². The molecule has 0 saturated carbocycles. The van der Waals surface area contributed by atoms with Crippen LogP contribution < -0.4 is 10.5 Å². The summed E-state index contributed by atoms with van der Waals surface area (Å²) in [5, 5.41) is 0. The monoisotopic (exact) mass is 279 g/mol. The van der Waals surface area contributed by atoms with Gasteiger partial charge in [0.2, 0.25) is 0 Å². The SMILES string of the molecule is CCOC(=O)C(CC)Oc1c(C)cccc1CC(C)N. The highest BCUT2D eigenvalue weighted by atomic mass is 16.6. The highest BCUT2D eigenvalue weighted by Crippen LogP contribution is 2.26. The Hall–Kier alpha value is -1.55. The van der Waals surface area contributed by atoms with Gasteiger partial charge in [-0.2, -0.15) is 0 Å². The minimum Gasteiger partial charge on any atom is -0.478 e. The molecule has 0 aromatic heterocycles. The van der Waals surface area contributed by atoms with Crippen LogP contribution in [0.3, 0.4) is 0 Å². The van der Waals surface area contributed by atoms with Gasteiger partial charge in [0.05, 0.1) is 6.61 Å². The first-order valence-corrected chi connectivity index (χ1v) is 7.16. The van der Waals surface area contributed by atoms with Crippen molar-refractivity contribution in [3.63, 3.8) is 0 Å². The van der Waals surface area contributed by atoms with Gasteiger partial charge in [0.25, 0.3) is 0 Å². The van der Waals surface area contributed by atoms with E-state index in [4.69, 9.17) is 15.2 Å². The summed E-state index contributed by atoms with van der Waals surface area (Å²) in [6, 6.07) is 5.98. The number of hydrogen-bond acceptors (Lipinski definition) is 4. The van der Waals surface area contributed by atoms with Gasteiger partial charge in [-0.1, -0.05) is 25.1 Å². The third kappa shape index (κ3) is 4.53. The Morgan fingerprint density at radius 1 is 1.35 bits per heavy atom. The predicted molar refractivity (Wildman–Crippen MR) is 79.9 cm³/mol. The topological polar surface area (TPSA) is 61.5 Å². The number of ether oxygens (including phenoxy) is 2. The van der Waals surface area contributed by atoms with Crippen molar-refractivity contribution in [2.75, 3.05) is 6.61 Å². The molecule has 0 heterocycles. The first kappa shape index (κ1) is 16.5. The number of benzene rings is 1. The molecule has 0 bridgehead atoms. The highest BCUT2D eigenvalue weighted by Gasteiger charge is 2.22. The maximum absolute atomic E-state index is 11.9. The minimum absolute atomic E-state index is 0.0434. The molecule has 0 aliphatic heterocycles. The molecule has 1 aromatic rings.